The summed E-state index contributed by atoms with van der Waals surface area (Å²) in [5.41, 5.74) is -0.233. The van der Waals surface area contributed by atoms with Gasteiger partial charge in [0, 0.05) is 10.9 Å². The molecular formula is C15H16F2N2O2S. The summed E-state index contributed by atoms with van der Waals surface area (Å²) in [6, 6.07) is 6.19. The van der Waals surface area contributed by atoms with E-state index in [-0.39, 0.29) is 11.7 Å². The molecular weight excluding hydrogens is 310 g/mol. The number of rotatable bonds is 5. The van der Waals surface area contributed by atoms with Crippen LogP contribution >= 0.6 is 11.3 Å². The van der Waals surface area contributed by atoms with Crippen LogP contribution in [0.1, 0.15) is 24.3 Å². The molecule has 0 bridgehead atoms. The van der Waals surface area contributed by atoms with Crippen LogP contribution < -0.4 is 10.6 Å². The summed E-state index contributed by atoms with van der Waals surface area (Å²) in [5, 5.41) is 16.7. The number of anilines is 1. The minimum absolute atomic E-state index is 0.233. The zero-order chi connectivity index (χ0) is 16.1. The van der Waals surface area contributed by atoms with E-state index in [0.717, 1.165) is 10.9 Å². The number of aliphatic hydroxyl groups is 1. The van der Waals surface area contributed by atoms with Gasteiger partial charge in [-0.2, -0.15) is 0 Å². The van der Waals surface area contributed by atoms with Gasteiger partial charge < -0.3 is 15.7 Å². The van der Waals surface area contributed by atoms with E-state index in [9.17, 15) is 18.7 Å². The Morgan fingerprint density at radius 1 is 1.32 bits per heavy atom. The first-order chi connectivity index (χ1) is 10.5. The van der Waals surface area contributed by atoms with E-state index >= 15 is 0 Å². The highest BCUT2D eigenvalue weighted by molar-refractivity contribution is 7.10. The zero-order valence-electron chi connectivity index (χ0n) is 11.8. The number of halogens is 2. The average molecular weight is 326 g/mol. The molecule has 22 heavy (non-hydrogen) atoms. The van der Waals surface area contributed by atoms with Gasteiger partial charge in [-0.3, -0.25) is 0 Å². The van der Waals surface area contributed by atoms with Crippen LogP contribution in [-0.2, 0) is 0 Å². The highest BCUT2D eigenvalue weighted by atomic mass is 32.1. The zero-order valence-corrected chi connectivity index (χ0v) is 12.7. The second kappa shape index (κ2) is 7.33. The Morgan fingerprint density at radius 2 is 2.09 bits per heavy atom. The molecule has 0 aliphatic heterocycles. The number of urea groups is 1. The Morgan fingerprint density at radius 3 is 2.77 bits per heavy atom. The number of benzene rings is 1. The number of thiophene rings is 1. The van der Waals surface area contributed by atoms with Crippen molar-refractivity contribution in [2.75, 3.05) is 5.32 Å². The van der Waals surface area contributed by atoms with Crippen LogP contribution in [0.2, 0.25) is 0 Å². The number of carbonyl (C=O) groups is 1. The highest BCUT2D eigenvalue weighted by Gasteiger charge is 2.16. The monoisotopic (exact) mass is 326 g/mol. The van der Waals surface area contributed by atoms with Crippen molar-refractivity contribution in [3.8, 4) is 0 Å². The van der Waals surface area contributed by atoms with Crippen LogP contribution in [0, 0.1) is 11.6 Å². The van der Waals surface area contributed by atoms with Crippen molar-refractivity contribution in [1.29, 1.82) is 0 Å². The minimum Gasteiger partial charge on any atom is -0.387 e. The molecule has 0 fully saturated rings. The summed E-state index contributed by atoms with van der Waals surface area (Å²) in [6.07, 6.45) is -0.360. The van der Waals surface area contributed by atoms with Crippen LogP contribution in [-0.4, -0.2) is 17.2 Å². The lowest BCUT2D eigenvalue weighted by Gasteiger charge is -2.17. The van der Waals surface area contributed by atoms with Gasteiger partial charge in [0.05, 0.1) is 11.8 Å². The van der Waals surface area contributed by atoms with Crippen molar-refractivity contribution in [2.45, 2.75) is 25.5 Å². The Balaban J connectivity index is 1.87. The third-order valence-corrected chi connectivity index (χ3v) is 4.00. The van der Waals surface area contributed by atoms with E-state index in [4.69, 9.17) is 0 Å². The SMILES string of the molecule is C[C@H](C[C@@H](O)c1cccs1)NC(=O)Nc1cccc(F)c1F. The van der Waals surface area contributed by atoms with E-state index in [1.165, 1.54) is 23.5 Å². The van der Waals surface area contributed by atoms with Gasteiger partial charge in [0.15, 0.2) is 11.6 Å². The molecule has 0 radical (unpaired) electrons. The number of amides is 2. The maximum Gasteiger partial charge on any atom is 0.319 e. The third kappa shape index (κ3) is 4.25. The molecule has 1 heterocycles. The highest BCUT2D eigenvalue weighted by Crippen LogP contribution is 2.23. The topological polar surface area (TPSA) is 61.4 Å². The van der Waals surface area contributed by atoms with E-state index < -0.39 is 23.8 Å². The lowest BCUT2D eigenvalue weighted by molar-refractivity contribution is 0.158. The van der Waals surface area contributed by atoms with Crippen molar-refractivity contribution in [3.05, 3.63) is 52.2 Å². The third-order valence-electron chi connectivity index (χ3n) is 3.03. The van der Waals surface area contributed by atoms with Gasteiger partial charge in [-0.25, -0.2) is 13.6 Å². The van der Waals surface area contributed by atoms with Crippen LogP contribution in [0.25, 0.3) is 0 Å². The van der Waals surface area contributed by atoms with Crippen molar-refractivity contribution < 1.29 is 18.7 Å². The van der Waals surface area contributed by atoms with Crippen LogP contribution in [0.4, 0.5) is 19.3 Å². The largest absolute Gasteiger partial charge is 0.387 e. The molecule has 3 N–H and O–H groups in total. The van der Waals surface area contributed by atoms with Crippen molar-refractivity contribution in [2.24, 2.45) is 0 Å². The van der Waals surface area contributed by atoms with Gasteiger partial charge in [0.1, 0.15) is 0 Å². The van der Waals surface area contributed by atoms with Crippen LogP contribution in [0.3, 0.4) is 0 Å². The number of nitrogens with one attached hydrogen (secondary N) is 2. The summed E-state index contributed by atoms with van der Waals surface area (Å²) >= 11 is 1.43. The Bertz CT molecular complexity index is 634. The van der Waals surface area contributed by atoms with Gasteiger partial charge in [-0.15, -0.1) is 11.3 Å². The number of aliphatic hydroxyl groups excluding tert-OH is 1. The van der Waals surface area contributed by atoms with Gasteiger partial charge in [-0.1, -0.05) is 12.1 Å². The van der Waals surface area contributed by atoms with E-state index in [2.05, 4.69) is 10.6 Å². The van der Waals surface area contributed by atoms with E-state index in [0.29, 0.717) is 6.42 Å². The van der Waals surface area contributed by atoms with Gasteiger partial charge in [0.2, 0.25) is 0 Å². The van der Waals surface area contributed by atoms with Crippen molar-refractivity contribution in [3.63, 3.8) is 0 Å². The van der Waals surface area contributed by atoms with Crippen LogP contribution in [0.15, 0.2) is 35.7 Å². The van der Waals surface area contributed by atoms with Crippen molar-refractivity contribution >= 4 is 23.1 Å². The molecule has 0 aliphatic rings. The smallest absolute Gasteiger partial charge is 0.319 e. The molecule has 0 saturated carbocycles. The molecule has 0 aliphatic carbocycles. The molecule has 0 saturated heterocycles. The Labute approximate surface area is 130 Å². The predicted molar refractivity (Wildman–Crippen MR) is 81.9 cm³/mol. The molecule has 7 heteroatoms. The standard InChI is InChI=1S/C15H16F2N2O2S/c1-9(8-12(20)13-6-3-7-22-13)18-15(21)19-11-5-2-4-10(16)14(11)17/h2-7,9,12,20H,8H2,1H3,(H2,18,19,21)/t9-,12-/m1/s1. The number of hydrogen-bond acceptors (Lipinski definition) is 3. The molecule has 1 aromatic carbocycles. The summed E-state index contributed by atoms with van der Waals surface area (Å²) in [4.78, 5) is 12.6. The minimum atomic E-state index is -1.11. The molecule has 1 aromatic heterocycles. The first kappa shape index (κ1) is 16.4. The maximum absolute atomic E-state index is 13.4. The fourth-order valence-electron chi connectivity index (χ4n) is 1.97. The molecule has 4 nitrogen and oxygen atoms in total. The molecule has 2 amide bonds. The van der Waals surface area contributed by atoms with E-state index in [1.807, 2.05) is 17.5 Å². The van der Waals surface area contributed by atoms with Crippen molar-refractivity contribution in [1.82, 2.24) is 5.32 Å². The molecule has 0 spiro atoms. The first-order valence-corrected chi connectivity index (χ1v) is 7.58. The summed E-state index contributed by atoms with van der Waals surface area (Å²) in [6.45, 7) is 1.72. The van der Waals surface area contributed by atoms with Gasteiger partial charge >= 0.3 is 6.03 Å². The second-order valence-corrected chi connectivity index (χ2v) is 5.85. The maximum atomic E-state index is 13.4. The first-order valence-electron chi connectivity index (χ1n) is 6.70. The average Bonchev–Trinajstić information content (AvgIpc) is 2.97. The predicted octanol–water partition coefficient (Wildman–Crippen LogP) is 3.66. The quantitative estimate of drug-likeness (QED) is 0.785. The summed E-state index contributed by atoms with van der Waals surface area (Å²) < 4.78 is 26.5. The molecule has 118 valence electrons. The summed E-state index contributed by atoms with van der Waals surface area (Å²) in [7, 11) is 0. The van der Waals surface area contributed by atoms with E-state index in [1.54, 1.807) is 6.92 Å². The molecule has 0 unspecified atom stereocenters. The van der Waals surface area contributed by atoms with Gasteiger partial charge in [-0.05, 0) is 36.9 Å². The fourth-order valence-corrected chi connectivity index (χ4v) is 2.70. The van der Waals surface area contributed by atoms with Gasteiger partial charge in [0.25, 0.3) is 0 Å². The second-order valence-electron chi connectivity index (χ2n) is 4.87. The molecule has 2 aromatic rings. The summed E-state index contributed by atoms with van der Waals surface area (Å²) in [5.74, 6) is -2.14. The van der Waals surface area contributed by atoms with Crippen LogP contribution in [0.5, 0.6) is 0 Å². The number of carbonyl (C=O) groups excluding carboxylic acids is 1. The lowest BCUT2D eigenvalue weighted by Crippen LogP contribution is -2.37. The normalized spacial score (nSPS) is 13.5. The Hall–Kier alpha value is -1.99. The fraction of sp³-hybridized carbons (Fsp3) is 0.267. The molecule has 2 rings (SSSR count). The number of hydrogen-bond donors (Lipinski definition) is 3. The lowest BCUT2D eigenvalue weighted by atomic mass is 10.1. The molecule has 2 atom stereocenters. The Kier molecular flexibility index (Phi) is 5.46.